The smallest absolute Gasteiger partial charge is 0.256 e. The number of nitrogens with one attached hydrogen (secondary N) is 1. The molecule has 0 unspecified atom stereocenters. The van der Waals surface area contributed by atoms with Crippen molar-refractivity contribution in [1.82, 2.24) is 9.88 Å². The number of H-pyrrole nitrogens is 1. The molecule has 2 fully saturated rings. The van der Waals surface area contributed by atoms with Gasteiger partial charge < -0.3 is 14.6 Å². The average molecular weight is 270 g/mol. The fraction of sp³-hybridized carbons (Fsp3) is 0.438. The average Bonchev–Trinajstić information content (AvgIpc) is 2.89. The van der Waals surface area contributed by atoms with Crippen LogP contribution in [0.4, 0.5) is 0 Å². The highest BCUT2D eigenvalue weighted by molar-refractivity contribution is 6.07. The molecule has 0 bridgehead atoms. The first-order chi connectivity index (χ1) is 9.77. The van der Waals surface area contributed by atoms with Crippen LogP contribution in [0.2, 0.25) is 0 Å². The van der Waals surface area contributed by atoms with Gasteiger partial charge in [-0.05, 0) is 18.9 Å². The number of hydrogen-bond acceptors (Lipinski definition) is 2. The van der Waals surface area contributed by atoms with Gasteiger partial charge in [-0.1, -0.05) is 18.2 Å². The van der Waals surface area contributed by atoms with Crippen molar-refractivity contribution < 1.29 is 9.53 Å². The minimum absolute atomic E-state index is 0.152. The van der Waals surface area contributed by atoms with Gasteiger partial charge in [0.1, 0.15) is 0 Å². The number of nitrogens with zero attached hydrogens (tertiary/aromatic N) is 1. The molecule has 0 aliphatic carbocycles. The number of aromatic amines is 1. The van der Waals surface area contributed by atoms with Crippen molar-refractivity contribution in [3.63, 3.8) is 0 Å². The molecule has 4 nitrogen and oxygen atoms in total. The van der Waals surface area contributed by atoms with E-state index >= 15 is 0 Å². The van der Waals surface area contributed by atoms with Crippen LogP contribution in [-0.2, 0) is 4.74 Å². The molecule has 0 radical (unpaired) electrons. The fourth-order valence-electron chi connectivity index (χ4n) is 3.45. The van der Waals surface area contributed by atoms with Crippen LogP contribution in [0, 0.1) is 5.41 Å². The maximum Gasteiger partial charge on any atom is 0.256 e. The van der Waals surface area contributed by atoms with Crippen molar-refractivity contribution in [2.24, 2.45) is 5.41 Å². The van der Waals surface area contributed by atoms with Crippen molar-refractivity contribution in [1.29, 1.82) is 0 Å². The normalized spacial score (nSPS) is 21.1. The van der Waals surface area contributed by atoms with E-state index in [2.05, 4.69) is 4.98 Å². The summed E-state index contributed by atoms with van der Waals surface area (Å²) in [6, 6.07) is 7.96. The Bertz CT molecular complexity index is 647. The van der Waals surface area contributed by atoms with E-state index in [1.807, 2.05) is 35.4 Å². The standard InChI is InChI=1S/C16H18N2O2/c19-15(13-9-17-14-4-2-1-3-12(13)14)18-10-16(11-18)5-7-20-8-6-16/h1-4,9,17H,5-8,10-11H2. The third kappa shape index (κ3) is 1.75. The van der Waals surface area contributed by atoms with Gasteiger partial charge in [-0.15, -0.1) is 0 Å². The second kappa shape index (κ2) is 4.35. The molecule has 2 aromatic rings. The van der Waals surface area contributed by atoms with Gasteiger partial charge in [0.15, 0.2) is 0 Å². The van der Waals surface area contributed by atoms with E-state index in [0.717, 1.165) is 55.6 Å². The Hall–Kier alpha value is -1.81. The highest BCUT2D eigenvalue weighted by Crippen LogP contribution is 2.40. The minimum Gasteiger partial charge on any atom is -0.381 e. The zero-order valence-corrected chi connectivity index (χ0v) is 11.4. The van der Waals surface area contributed by atoms with Gasteiger partial charge in [0.25, 0.3) is 5.91 Å². The van der Waals surface area contributed by atoms with Gasteiger partial charge in [-0.3, -0.25) is 4.79 Å². The Labute approximate surface area is 117 Å². The molecule has 2 aliphatic rings. The van der Waals surface area contributed by atoms with E-state index in [0.29, 0.717) is 5.41 Å². The molecule has 1 aromatic heterocycles. The summed E-state index contributed by atoms with van der Waals surface area (Å²) in [5.41, 5.74) is 2.15. The summed E-state index contributed by atoms with van der Waals surface area (Å²) >= 11 is 0. The van der Waals surface area contributed by atoms with Crippen LogP contribution >= 0.6 is 0 Å². The number of carbonyl (C=O) groups excluding carboxylic acids is 1. The summed E-state index contributed by atoms with van der Waals surface area (Å²) in [6.45, 7) is 3.45. The molecule has 2 aliphatic heterocycles. The number of hydrogen-bond donors (Lipinski definition) is 1. The lowest BCUT2D eigenvalue weighted by atomic mass is 9.73. The third-order valence-corrected chi connectivity index (χ3v) is 4.71. The molecule has 104 valence electrons. The molecule has 4 heteroatoms. The number of para-hydroxylation sites is 1. The second-order valence-electron chi connectivity index (χ2n) is 6.02. The van der Waals surface area contributed by atoms with E-state index < -0.39 is 0 Å². The van der Waals surface area contributed by atoms with E-state index in [1.54, 1.807) is 0 Å². The van der Waals surface area contributed by atoms with E-state index in [1.165, 1.54) is 0 Å². The molecule has 4 rings (SSSR count). The van der Waals surface area contributed by atoms with E-state index in [9.17, 15) is 4.79 Å². The van der Waals surface area contributed by atoms with Crippen molar-refractivity contribution in [3.8, 4) is 0 Å². The van der Waals surface area contributed by atoms with Crippen molar-refractivity contribution in [3.05, 3.63) is 36.0 Å². The van der Waals surface area contributed by atoms with Crippen LogP contribution in [0.15, 0.2) is 30.5 Å². The SMILES string of the molecule is O=C(c1c[nH]c2ccccc12)N1CC2(CCOCC2)C1. The first-order valence-corrected chi connectivity index (χ1v) is 7.21. The Balaban J connectivity index is 1.54. The molecule has 1 N–H and O–H groups in total. The molecule has 20 heavy (non-hydrogen) atoms. The number of fused-ring (bicyclic) bond motifs is 1. The lowest BCUT2D eigenvalue weighted by Gasteiger charge is -2.52. The van der Waals surface area contributed by atoms with Crippen LogP contribution < -0.4 is 0 Å². The summed E-state index contributed by atoms with van der Waals surface area (Å²) < 4.78 is 5.42. The maximum absolute atomic E-state index is 12.6. The van der Waals surface area contributed by atoms with E-state index in [-0.39, 0.29) is 5.91 Å². The van der Waals surface area contributed by atoms with Gasteiger partial charge >= 0.3 is 0 Å². The quantitative estimate of drug-likeness (QED) is 0.865. The molecule has 1 spiro atoms. The Morgan fingerprint density at radius 1 is 1.20 bits per heavy atom. The lowest BCUT2D eigenvalue weighted by molar-refractivity contribution is -0.0665. The number of carbonyl (C=O) groups is 1. The maximum atomic E-state index is 12.6. The Morgan fingerprint density at radius 3 is 2.75 bits per heavy atom. The van der Waals surface area contributed by atoms with Crippen LogP contribution in [0.1, 0.15) is 23.2 Å². The number of aromatic nitrogens is 1. The van der Waals surface area contributed by atoms with Gasteiger partial charge in [0.2, 0.25) is 0 Å². The van der Waals surface area contributed by atoms with Crippen molar-refractivity contribution >= 4 is 16.8 Å². The third-order valence-electron chi connectivity index (χ3n) is 4.71. The number of likely N-dealkylation sites (tertiary alicyclic amines) is 1. The minimum atomic E-state index is 0.152. The number of rotatable bonds is 1. The van der Waals surface area contributed by atoms with E-state index in [4.69, 9.17) is 4.74 Å². The first-order valence-electron chi connectivity index (χ1n) is 7.21. The first kappa shape index (κ1) is 12.0. The van der Waals surface area contributed by atoms with Gasteiger partial charge in [-0.2, -0.15) is 0 Å². The zero-order chi connectivity index (χ0) is 13.6. The highest BCUT2D eigenvalue weighted by atomic mass is 16.5. The predicted octanol–water partition coefficient (Wildman–Crippen LogP) is 2.42. The summed E-state index contributed by atoms with van der Waals surface area (Å²) in [7, 11) is 0. The summed E-state index contributed by atoms with van der Waals surface area (Å²) in [6.07, 6.45) is 4.01. The van der Waals surface area contributed by atoms with Crippen LogP contribution in [-0.4, -0.2) is 42.1 Å². The van der Waals surface area contributed by atoms with Gasteiger partial charge in [-0.25, -0.2) is 0 Å². The molecule has 0 atom stereocenters. The molecular weight excluding hydrogens is 252 g/mol. The monoisotopic (exact) mass is 270 g/mol. The molecule has 2 saturated heterocycles. The summed E-state index contributed by atoms with van der Waals surface area (Å²) in [4.78, 5) is 17.8. The van der Waals surface area contributed by atoms with Crippen LogP contribution in [0.25, 0.3) is 10.9 Å². The number of benzene rings is 1. The lowest BCUT2D eigenvalue weighted by Crippen LogP contribution is -2.60. The largest absolute Gasteiger partial charge is 0.381 e. The second-order valence-corrected chi connectivity index (χ2v) is 6.02. The Kier molecular flexibility index (Phi) is 2.60. The van der Waals surface area contributed by atoms with Gasteiger partial charge in [0, 0.05) is 48.8 Å². The number of amides is 1. The molecular formula is C16H18N2O2. The number of ether oxygens (including phenoxy) is 1. The summed E-state index contributed by atoms with van der Waals surface area (Å²) in [5.74, 6) is 0.152. The fourth-order valence-corrected chi connectivity index (χ4v) is 3.45. The van der Waals surface area contributed by atoms with Gasteiger partial charge in [0.05, 0.1) is 5.56 Å². The molecule has 1 aromatic carbocycles. The van der Waals surface area contributed by atoms with Crippen LogP contribution in [0.3, 0.4) is 0 Å². The van der Waals surface area contributed by atoms with Crippen molar-refractivity contribution in [2.75, 3.05) is 26.3 Å². The summed E-state index contributed by atoms with van der Waals surface area (Å²) in [5, 5.41) is 1.02. The zero-order valence-electron chi connectivity index (χ0n) is 11.4. The topological polar surface area (TPSA) is 45.3 Å². The molecule has 1 amide bonds. The molecule has 3 heterocycles. The molecule has 0 saturated carbocycles. The highest BCUT2D eigenvalue weighted by Gasteiger charge is 2.46. The van der Waals surface area contributed by atoms with Crippen molar-refractivity contribution in [2.45, 2.75) is 12.8 Å². The van der Waals surface area contributed by atoms with Crippen LogP contribution in [0.5, 0.6) is 0 Å². The predicted molar refractivity (Wildman–Crippen MR) is 76.7 cm³/mol. The Morgan fingerprint density at radius 2 is 1.95 bits per heavy atom.